The summed E-state index contributed by atoms with van der Waals surface area (Å²) in [5.74, 6) is -7.78. The van der Waals surface area contributed by atoms with Crippen LogP contribution in [-0.2, 0) is 71.8 Å². The van der Waals surface area contributed by atoms with Gasteiger partial charge in [-0.05, 0) is 114 Å². The fourth-order valence-corrected chi connectivity index (χ4v) is 12.5. The van der Waals surface area contributed by atoms with Crippen molar-refractivity contribution in [3.05, 3.63) is 69.7 Å². The lowest BCUT2D eigenvalue weighted by atomic mass is 9.74. The van der Waals surface area contributed by atoms with E-state index in [2.05, 4.69) is 21.3 Å². The summed E-state index contributed by atoms with van der Waals surface area (Å²) in [4.78, 5) is 166. The van der Waals surface area contributed by atoms with Crippen LogP contribution in [0, 0.1) is 18.8 Å². The Labute approximate surface area is 524 Å². The van der Waals surface area contributed by atoms with E-state index in [0.717, 1.165) is 50.1 Å². The summed E-state index contributed by atoms with van der Waals surface area (Å²) in [6.07, 6.45) is -0.498. The van der Waals surface area contributed by atoms with Crippen molar-refractivity contribution in [2.45, 2.75) is 179 Å². The van der Waals surface area contributed by atoms with E-state index in [1.54, 1.807) is 26.0 Å². The number of benzene rings is 2. The molecule has 1 spiro atoms. The molecule has 0 bridgehead atoms. The van der Waals surface area contributed by atoms with Crippen molar-refractivity contribution < 1.29 is 65.9 Å². The molecule has 22 nitrogen and oxygen atoms in total. The minimum atomic E-state index is -4.75. The number of nitrogens with one attached hydrogen (secondary N) is 4. The molecule has 4 aliphatic rings. The molecule has 6 rings (SSSR count). The summed E-state index contributed by atoms with van der Waals surface area (Å²) in [5.41, 5.74) is -0.663. The van der Waals surface area contributed by atoms with Crippen LogP contribution in [-0.4, -0.2) is 216 Å². The number of likely N-dealkylation sites (N-methyl/N-ethyl adjacent to an activating group) is 6. The number of hydrogen-bond acceptors (Lipinski definition) is 11. The maximum absolute atomic E-state index is 15.0. The van der Waals surface area contributed by atoms with Crippen LogP contribution >= 0.6 is 11.6 Å². The third-order valence-electron chi connectivity index (χ3n) is 18.4. The van der Waals surface area contributed by atoms with Crippen molar-refractivity contribution in [1.82, 2.24) is 55.6 Å². The largest absolute Gasteiger partial charge is 0.417 e. The van der Waals surface area contributed by atoms with Crippen molar-refractivity contribution >= 4 is 76.6 Å². The normalized spacial score (nSPS) is 26.0. The Morgan fingerprint density at radius 3 is 1.88 bits per heavy atom. The number of hydrogen-bond donors (Lipinski definition) is 4. The number of aryl methyl sites for hydroxylation is 2. The molecule has 2 aromatic rings. The number of amides is 11. The van der Waals surface area contributed by atoms with E-state index in [0.29, 0.717) is 43.2 Å². The fourth-order valence-electron chi connectivity index (χ4n) is 12.2. The molecular formula is C63H89ClF3N11O11. The van der Waals surface area contributed by atoms with Gasteiger partial charge in [0, 0.05) is 67.7 Å². The molecule has 490 valence electrons. The monoisotopic (exact) mass is 1270 g/mol. The Hall–Kier alpha value is -7.31. The Bertz CT molecular complexity index is 2960. The van der Waals surface area contributed by atoms with E-state index in [9.17, 15) is 65.9 Å². The summed E-state index contributed by atoms with van der Waals surface area (Å²) in [6, 6.07) is 2.47. The molecule has 2 heterocycles. The van der Waals surface area contributed by atoms with Gasteiger partial charge in [-0.25, -0.2) is 0 Å². The van der Waals surface area contributed by atoms with Crippen LogP contribution in [0.1, 0.15) is 127 Å². The van der Waals surface area contributed by atoms with E-state index < -0.39 is 155 Å². The lowest BCUT2D eigenvalue weighted by Crippen LogP contribution is -2.68. The quantitative estimate of drug-likeness (QED) is 0.295. The Balaban J connectivity index is 1.35. The minimum Gasteiger partial charge on any atom is -0.351 e. The highest BCUT2D eigenvalue weighted by molar-refractivity contribution is 6.31. The molecule has 0 aromatic heterocycles. The van der Waals surface area contributed by atoms with Crippen LogP contribution in [0.15, 0.2) is 42.5 Å². The first-order chi connectivity index (χ1) is 41.8. The smallest absolute Gasteiger partial charge is 0.351 e. The van der Waals surface area contributed by atoms with Gasteiger partial charge in [-0.1, -0.05) is 80.6 Å². The molecule has 0 radical (unpaired) electrons. The highest BCUT2D eigenvalue weighted by Gasteiger charge is 2.52. The van der Waals surface area contributed by atoms with Gasteiger partial charge < -0.3 is 55.6 Å². The summed E-state index contributed by atoms with van der Waals surface area (Å²) >= 11 is 6.10. The first-order valence-corrected chi connectivity index (χ1v) is 31.1. The van der Waals surface area contributed by atoms with Gasteiger partial charge in [0.05, 0.1) is 30.2 Å². The third kappa shape index (κ3) is 17.6. The third-order valence-corrected chi connectivity index (χ3v) is 18.7. The molecule has 1 unspecified atom stereocenters. The SMILES string of the molecule is CC[C@H](C)[C@@H]1NC(=O)[C@H](C)N(C)C(=O)C[C@@H](C)NC(=O)[C@H](C2CCCC2)N(C)C(=O)C2(CCC2)NC(=O)C2CCCN2C(=O)[C@H](CCc2ccc(C(F)(F)F)c(Cl)c2)NC(=O)CN(C)C(=O)[C@H](Cc2ccc(C)cc2)N(C)C(=O)CN(C)C(=O)CN(C)C1=O. The van der Waals surface area contributed by atoms with Crippen molar-refractivity contribution in [1.29, 1.82) is 0 Å². The van der Waals surface area contributed by atoms with Crippen molar-refractivity contribution in [3.63, 3.8) is 0 Å². The van der Waals surface area contributed by atoms with Crippen LogP contribution in [0.3, 0.4) is 0 Å². The van der Waals surface area contributed by atoms with E-state index in [1.165, 1.54) is 70.0 Å². The van der Waals surface area contributed by atoms with Crippen molar-refractivity contribution in [3.8, 4) is 0 Å². The fraction of sp³-hybridized carbons (Fsp3) is 0.635. The number of alkyl halides is 3. The molecule has 4 fully saturated rings. The van der Waals surface area contributed by atoms with Crippen LogP contribution in [0.2, 0.25) is 5.02 Å². The molecule has 8 atom stereocenters. The summed E-state index contributed by atoms with van der Waals surface area (Å²) < 4.78 is 41.2. The van der Waals surface area contributed by atoms with Crippen molar-refractivity contribution in [2.24, 2.45) is 11.8 Å². The van der Waals surface area contributed by atoms with Gasteiger partial charge in [0.1, 0.15) is 41.8 Å². The lowest BCUT2D eigenvalue weighted by Gasteiger charge is -2.46. The molecule has 2 aromatic carbocycles. The molecular weight excluding hydrogens is 1180 g/mol. The molecule has 4 N–H and O–H groups in total. The Kier molecular flexibility index (Phi) is 24.2. The zero-order valence-electron chi connectivity index (χ0n) is 53.1. The number of nitrogens with zero attached hydrogens (tertiary/aromatic N) is 7. The molecule has 26 heteroatoms. The van der Waals surface area contributed by atoms with Gasteiger partial charge >= 0.3 is 6.18 Å². The highest BCUT2D eigenvalue weighted by atomic mass is 35.5. The summed E-state index contributed by atoms with van der Waals surface area (Å²) in [6.45, 7) is 6.88. The lowest BCUT2D eigenvalue weighted by molar-refractivity contribution is -0.152. The van der Waals surface area contributed by atoms with E-state index >= 15 is 0 Å². The van der Waals surface area contributed by atoms with Gasteiger partial charge in [0.15, 0.2) is 0 Å². The number of fused-ring (bicyclic) bond motifs is 1. The van der Waals surface area contributed by atoms with Gasteiger partial charge in [0.2, 0.25) is 65.0 Å². The maximum atomic E-state index is 15.0. The minimum absolute atomic E-state index is 0.0402. The first-order valence-electron chi connectivity index (χ1n) is 30.7. The highest BCUT2D eigenvalue weighted by Crippen LogP contribution is 2.38. The predicted molar refractivity (Wildman–Crippen MR) is 325 cm³/mol. The number of halogens is 4. The zero-order valence-corrected chi connectivity index (χ0v) is 53.9. The molecule has 89 heavy (non-hydrogen) atoms. The zero-order chi connectivity index (χ0) is 66.0. The topological polar surface area (TPSA) is 259 Å². The maximum Gasteiger partial charge on any atom is 0.417 e. The van der Waals surface area contributed by atoms with Crippen LogP contribution in [0.5, 0.6) is 0 Å². The molecule has 2 saturated carbocycles. The molecule has 2 saturated heterocycles. The number of carbonyl (C=O) groups is 11. The number of rotatable bonds is 8. The number of carbonyl (C=O) groups excluding carboxylic acids is 11. The van der Waals surface area contributed by atoms with Crippen LogP contribution in [0.25, 0.3) is 0 Å². The Morgan fingerprint density at radius 1 is 0.663 bits per heavy atom. The van der Waals surface area contributed by atoms with E-state index in [1.807, 2.05) is 26.0 Å². The Morgan fingerprint density at radius 2 is 1.28 bits per heavy atom. The van der Waals surface area contributed by atoms with Gasteiger partial charge in [-0.15, -0.1) is 0 Å². The van der Waals surface area contributed by atoms with Crippen molar-refractivity contribution in [2.75, 3.05) is 68.5 Å². The average molecular weight is 1270 g/mol. The standard InChI is InChI=1S/C63H89ClF3N11O11/c1-12-38(3)53-60(88)74(8)35-51(81)72(6)36-52(82)76(10)48(33-42-22-20-37(2)21-23-42)59(87)73(7)34-49(79)69-46(27-25-41-24-26-44(45(64)32-41)63(65,66)67)58(86)78-30-15-19-47(78)56(84)71-62(28-16-29-62)61(89)77(11)54(43-17-13-14-18-43)57(85)68-39(4)31-50(80)75(9)40(5)55(83)70-53/h20-24,26,32,38-40,43,46-48,53-54H,12-19,25,27-31,33-36H2,1-11H3,(H,68,85)(H,69,79)(H,70,83)(H,71,84)/t38-,39+,40-,46-,47?,48-,53-,54-/m0/s1. The molecule has 2 aliphatic heterocycles. The second-order valence-electron chi connectivity index (χ2n) is 25.0. The first kappa shape index (κ1) is 70.8. The van der Waals surface area contributed by atoms with Crippen LogP contribution < -0.4 is 21.3 Å². The van der Waals surface area contributed by atoms with E-state index in [4.69, 9.17) is 11.6 Å². The van der Waals surface area contributed by atoms with Gasteiger partial charge in [-0.2, -0.15) is 13.2 Å². The van der Waals surface area contributed by atoms with Gasteiger partial charge in [0.25, 0.3) is 0 Å². The average Bonchev–Trinajstić information content (AvgIpc) is 3.49. The second kappa shape index (κ2) is 30.5. The van der Waals surface area contributed by atoms with Crippen LogP contribution in [0.4, 0.5) is 13.2 Å². The summed E-state index contributed by atoms with van der Waals surface area (Å²) in [7, 11) is 8.36. The predicted octanol–water partition coefficient (Wildman–Crippen LogP) is 3.86. The second-order valence-corrected chi connectivity index (χ2v) is 25.4. The van der Waals surface area contributed by atoms with Gasteiger partial charge in [-0.3, -0.25) is 52.7 Å². The molecule has 11 amide bonds. The molecule has 2 aliphatic carbocycles. The summed E-state index contributed by atoms with van der Waals surface area (Å²) in [5, 5.41) is 10.8. The van der Waals surface area contributed by atoms with E-state index in [-0.39, 0.29) is 57.4 Å².